The molecule has 2 heterocycles. The fourth-order valence-corrected chi connectivity index (χ4v) is 3.77. The second kappa shape index (κ2) is 9.32. The summed E-state index contributed by atoms with van der Waals surface area (Å²) in [6.45, 7) is 6.14. The van der Waals surface area contributed by atoms with Crippen LogP contribution in [0.5, 0.6) is 11.5 Å². The zero-order chi connectivity index (χ0) is 20.9. The Labute approximate surface area is 176 Å². The van der Waals surface area contributed by atoms with Gasteiger partial charge >= 0.3 is 0 Å². The average molecular weight is 408 g/mol. The lowest BCUT2D eigenvalue weighted by Gasteiger charge is -2.32. The molecule has 6 heteroatoms. The van der Waals surface area contributed by atoms with Crippen molar-refractivity contribution in [3.05, 3.63) is 58.8 Å². The third-order valence-electron chi connectivity index (χ3n) is 5.57. The normalized spacial score (nSPS) is 15.5. The first-order valence-corrected chi connectivity index (χ1v) is 10.5. The molecule has 2 aromatic carbocycles. The van der Waals surface area contributed by atoms with Crippen molar-refractivity contribution in [3.63, 3.8) is 0 Å². The van der Waals surface area contributed by atoms with Gasteiger partial charge in [-0.25, -0.2) is 0 Å². The maximum absolute atomic E-state index is 12.5. The Hall–Kier alpha value is -2.83. The summed E-state index contributed by atoms with van der Waals surface area (Å²) in [5, 5.41) is 10.5. The number of piperazine rings is 1. The van der Waals surface area contributed by atoms with E-state index in [-0.39, 0.29) is 16.6 Å². The Morgan fingerprint density at radius 1 is 1.03 bits per heavy atom. The van der Waals surface area contributed by atoms with Crippen LogP contribution in [-0.2, 0) is 0 Å². The first-order valence-electron chi connectivity index (χ1n) is 10.5. The summed E-state index contributed by atoms with van der Waals surface area (Å²) in [6.07, 6.45) is 2.00. The van der Waals surface area contributed by atoms with E-state index in [2.05, 4.69) is 16.8 Å². The van der Waals surface area contributed by atoms with Gasteiger partial charge in [0.05, 0.1) is 6.61 Å². The number of nitrogens with zero attached hydrogens (tertiary/aromatic N) is 2. The standard InChI is InChI=1S/C24H28N2O4/c1-25-10-12-26(13-11-25)9-5-6-14-29-19-15-20(27)24-21(28)17-22(30-23(24)16-19)18-7-3-2-4-8-18/h2-4,7-8,15-17,27H,5-6,9-14H2,1H3. The highest BCUT2D eigenvalue weighted by atomic mass is 16.5. The van der Waals surface area contributed by atoms with Crippen molar-refractivity contribution in [2.75, 3.05) is 46.4 Å². The van der Waals surface area contributed by atoms with Crippen molar-refractivity contribution >= 4 is 11.0 Å². The van der Waals surface area contributed by atoms with E-state index >= 15 is 0 Å². The highest BCUT2D eigenvalue weighted by molar-refractivity contribution is 5.86. The molecule has 0 atom stereocenters. The van der Waals surface area contributed by atoms with Crippen LogP contribution in [0.25, 0.3) is 22.3 Å². The molecule has 1 fully saturated rings. The summed E-state index contributed by atoms with van der Waals surface area (Å²) < 4.78 is 11.8. The van der Waals surface area contributed by atoms with Gasteiger partial charge in [-0.2, -0.15) is 0 Å². The number of hydrogen-bond donors (Lipinski definition) is 1. The van der Waals surface area contributed by atoms with Gasteiger partial charge in [0.25, 0.3) is 0 Å². The zero-order valence-corrected chi connectivity index (χ0v) is 17.3. The van der Waals surface area contributed by atoms with Crippen molar-refractivity contribution in [2.45, 2.75) is 12.8 Å². The highest BCUT2D eigenvalue weighted by Crippen LogP contribution is 2.31. The van der Waals surface area contributed by atoms with Crippen LogP contribution in [0.1, 0.15) is 12.8 Å². The van der Waals surface area contributed by atoms with E-state index in [0.717, 1.165) is 51.1 Å². The number of hydrogen-bond acceptors (Lipinski definition) is 6. The van der Waals surface area contributed by atoms with E-state index in [1.165, 1.54) is 12.1 Å². The van der Waals surface area contributed by atoms with Gasteiger partial charge in [0.15, 0.2) is 5.43 Å². The molecule has 0 bridgehead atoms. The van der Waals surface area contributed by atoms with Crippen molar-refractivity contribution in [2.24, 2.45) is 0 Å². The van der Waals surface area contributed by atoms with Gasteiger partial charge in [0.2, 0.25) is 0 Å². The predicted molar refractivity (Wildman–Crippen MR) is 118 cm³/mol. The van der Waals surface area contributed by atoms with Crippen LogP contribution in [0.4, 0.5) is 0 Å². The molecule has 1 N–H and O–H groups in total. The molecule has 0 spiro atoms. The zero-order valence-electron chi connectivity index (χ0n) is 17.3. The molecular formula is C24H28N2O4. The van der Waals surface area contributed by atoms with Crippen molar-refractivity contribution in [1.82, 2.24) is 9.80 Å². The van der Waals surface area contributed by atoms with Crippen molar-refractivity contribution in [1.29, 1.82) is 0 Å². The number of fused-ring (bicyclic) bond motifs is 1. The molecule has 158 valence electrons. The van der Waals surface area contributed by atoms with Crippen LogP contribution >= 0.6 is 0 Å². The summed E-state index contributed by atoms with van der Waals surface area (Å²) in [4.78, 5) is 17.3. The first-order chi connectivity index (χ1) is 14.6. The van der Waals surface area contributed by atoms with Crippen LogP contribution in [0.2, 0.25) is 0 Å². The Morgan fingerprint density at radius 3 is 2.57 bits per heavy atom. The lowest BCUT2D eigenvalue weighted by molar-refractivity contribution is 0.150. The van der Waals surface area contributed by atoms with Gasteiger partial charge in [0, 0.05) is 49.9 Å². The van der Waals surface area contributed by atoms with E-state index < -0.39 is 0 Å². The number of ether oxygens (including phenoxy) is 1. The summed E-state index contributed by atoms with van der Waals surface area (Å²) in [5.41, 5.74) is 0.867. The van der Waals surface area contributed by atoms with E-state index in [0.29, 0.717) is 23.7 Å². The number of likely N-dealkylation sites (N-methyl/N-ethyl adjacent to an activating group) is 1. The van der Waals surface area contributed by atoms with Crippen molar-refractivity contribution < 1.29 is 14.3 Å². The monoisotopic (exact) mass is 408 g/mol. The molecule has 6 nitrogen and oxygen atoms in total. The Morgan fingerprint density at radius 2 is 1.80 bits per heavy atom. The van der Waals surface area contributed by atoms with Crippen molar-refractivity contribution in [3.8, 4) is 22.8 Å². The number of phenolic OH excluding ortho intramolecular Hbond substituents is 1. The summed E-state index contributed by atoms with van der Waals surface area (Å²) in [5.74, 6) is 0.859. The predicted octanol–water partition coefficient (Wildman–Crippen LogP) is 3.57. The first kappa shape index (κ1) is 20.4. The number of benzene rings is 2. The lowest BCUT2D eigenvalue weighted by Crippen LogP contribution is -2.44. The fraction of sp³-hybridized carbons (Fsp3) is 0.375. The number of aromatic hydroxyl groups is 1. The minimum Gasteiger partial charge on any atom is -0.507 e. The Bertz CT molecular complexity index is 1040. The van der Waals surface area contributed by atoms with Gasteiger partial charge in [0.1, 0.15) is 28.2 Å². The fourth-order valence-electron chi connectivity index (χ4n) is 3.77. The van der Waals surface area contributed by atoms with Gasteiger partial charge in [-0.3, -0.25) is 4.79 Å². The number of rotatable bonds is 7. The van der Waals surface area contributed by atoms with E-state index in [4.69, 9.17) is 9.15 Å². The third-order valence-corrected chi connectivity index (χ3v) is 5.57. The Balaban J connectivity index is 1.40. The quantitative estimate of drug-likeness (QED) is 0.603. The van der Waals surface area contributed by atoms with Crippen LogP contribution in [-0.4, -0.2) is 61.3 Å². The van der Waals surface area contributed by atoms with E-state index in [1.807, 2.05) is 30.3 Å². The molecular weight excluding hydrogens is 380 g/mol. The van der Waals surface area contributed by atoms with Gasteiger partial charge < -0.3 is 24.1 Å². The highest BCUT2D eigenvalue weighted by Gasteiger charge is 2.14. The molecule has 1 aliphatic rings. The minimum absolute atomic E-state index is 0.117. The summed E-state index contributed by atoms with van der Waals surface area (Å²) in [7, 11) is 2.16. The molecule has 4 rings (SSSR count). The largest absolute Gasteiger partial charge is 0.507 e. The maximum atomic E-state index is 12.5. The molecule has 0 saturated carbocycles. The molecule has 0 aliphatic carbocycles. The minimum atomic E-state index is -0.272. The molecule has 0 unspecified atom stereocenters. The number of unbranched alkanes of at least 4 members (excludes halogenated alkanes) is 1. The van der Waals surface area contributed by atoms with Gasteiger partial charge in [-0.1, -0.05) is 30.3 Å². The molecule has 1 aliphatic heterocycles. The molecule has 1 saturated heterocycles. The van der Waals surface area contributed by atoms with Crippen LogP contribution in [0.3, 0.4) is 0 Å². The van der Waals surface area contributed by atoms with Crippen LogP contribution < -0.4 is 10.2 Å². The van der Waals surface area contributed by atoms with Gasteiger partial charge in [-0.15, -0.1) is 0 Å². The smallest absolute Gasteiger partial charge is 0.197 e. The van der Waals surface area contributed by atoms with Crippen LogP contribution in [0.15, 0.2) is 57.7 Å². The van der Waals surface area contributed by atoms with E-state index in [1.54, 1.807) is 6.07 Å². The number of phenols is 1. The topological polar surface area (TPSA) is 66.2 Å². The molecule has 0 radical (unpaired) electrons. The third kappa shape index (κ3) is 4.83. The molecule has 3 aromatic rings. The second-order valence-electron chi connectivity index (χ2n) is 7.86. The van der Waals surface area contributed by atoms with E-state index in [9.17, 15) is 9.90 Å². The van der Waals surface area contributed by atoms with Crippen LogP contribution in [0, 0.1) is 0 Å². The SMILES string of the molecule is CN1CCN(CCCCOc2cc(O)c3c(=O)cc(-c4ccccc4)oc3c2)CC1. The lowest BCUT2D eigenvalue weighted by atomic mass is 10.1. The molecule has 1 aromatic heterocycles. The maximum Gasteiger partial charge on any atom is 0.197 e. The summed E-state index contributed by atoms with van der Waals surface area (Å²) in [6, 6.07) is 14.0. The average Bonchev–Trinajstić information content (AvgIpc) is 2.75. The van der Waals surface area contributed by atoms with Gasteiger partial charge in [-0.05, 0) is 26.4 Å². The molecule has 30 heavy (non-hydrogen) atoms. The Kier molecular flexibility index (Phi) is 6.35. The second-order valence-corrected chi connectivity index (χ2v) is 7.86. The molecule has 0 amide bonds. The summed E-state index contributed by atoms with van der Waals surface area (Å²) >= 11 is 0.